The fraction of sp³-hybridized carbons (Fsp3) is 0.500. The number of ether oxygens (including phenoxy) is 1. The van der Waals surface area contributed by atoms with E-state index in [9.17, 15) is 14.0 Å². The van der Waals surface area contributed by atoms with Gasteiger partial charge in [-0.2, -0.15) is 0 Å². The second-order valence-electron chi connectivity index (χ2n) is 6.22. The monoisotopic (exact) mass is 293 g/mol. The Morgan fingerprint density at radius 2 is 2.05 bits per heavy atom. The van der Waals surface area contributed by atoms with Gasteiger partial charge in [0, 0.05) is 12.5 Å². The second kappa shape index (κ2) is 5.84. The number of amides is 1. The van der Waals surface area contributed by atoms with Crippen molar-refractivity contribution in [1.29, 1.82) is 0 Å². The summed E-state index contributed by atoms with van der Waals surface area (Å²) in [5, 5.41) is 0. The number of hydrogen-bond donors (Lipinski definition) is 0. The fourth-order valence-electron chi connectivity index (χ4n) is 2.63. The second-order valence-corrected chi connectivity index (χ2v) is 6.22. The molecule has 0 spiro atoms. The predicted octanol–water partition coefficient (Wildman–Crippen LogP) is 3.12. The Kier molecular flexibility index (Phi) is 4.30. The fourth-order valence-corrected chi connectivity index (χ4v) is 2.63. The summed E-state index contributed by atoms with van der Waals surface area (Å²) < 4.78 is 19.2. The molecule has 21 heavy (non-hydrogen) atoms. The molecular weight excluding hydrogens is 273 g/mol. The average molecular weight is 293 g/mol. The predicted molar refractivity (Wildman–Crippen MR) is 76.6 cm³/mol. The summed E-state index contributed by atoms with van der Waals surface area (Å²) >= 11 is 0. The van der Waals surface area contributed by atoms with Crippen LogP contribution in [0.4, 0.5) is 9.18 Å². The van der Waals surface area contributed by atoms with Gasteiger partial charge < -0.3 is 9.53 Å². The third kappa shape index (κ3) is 3.40. The van der Waals surface area contributed by atoms with E-state index < -0.39 is 17.7 Å². The third-order valence-electron chi connectivity index (χ3n) is 3.53. The number of carbonyl (C=O) groups is 2. The summed E-state index contributed by atoms with van der Waals surface area (Å²) in [4.78, 5) is 24.9. The van der Waals surface area contributed by atoms with Crippen LogP contribution in [0.25, 0.3) is 0 Å². The number of hydrogen-bond acceptors (Lipinski definition) is 3. The number of likely N-dealkylation sites (tertiary alicyclic amines) is 1. The molecule has 0 aliphatic carbocycles. The van der Waals surface area contributed by atoms with Crippen molar-refractivity contribution in [2.24, 2.45) is 0 Å². The van der Waals surface area contributed by atoms with E-state index in [1.54, 1.807) is 39.0 Å². The minimum Gasteiger partial charge on any atom is -0.444 e. The molecule has 0 N–H and O–H groups in total. The lowest BCUT2D eigenvalue weighted by Gasteiger charge is -2.27. The Bertz CT molecular complexity index is 539. The minimum absolute atomic E-state index is 0.323. The van der Waals surface area contributed by atoms with Crippen molar-refractivity contribution in [2.45, 2.75) is 44.8 Å². The number of halogens is 1. The Labute approximate surface area is 123 Å². The molecule has 0 aromatic heterocycles. The Hall–Kier alpha value is -1.91. The first-order valence-electron chi connectivity index (χ1n) is 7.03. The SMILES string of the molecule is CC(C)(C)OC(=O)N1CC[C@H](c2ccccc2F)[C@H]1C=O. The molecule has 5 heteroatoms. The molecule has 4 nitrogen and oxygen atoms in total. The first-order valence-corrected chi connectivity index (χ1v) is 7.03. The third-order valence-corrected chi connectivity index (χ3v) is 3.53. The lowest BCUT2D eigenvalue weighted by molar-refractivity contribution is -0.112. The van der Waals surface area contributed by atoms with E-state index in [-0.39, 0.29) is 11.7 Å². The Balaban J connectivity index is 2.20. The normalized spacial score (nSPS) is 22.2. The highest BCUT2D eigenvalue weighted by Crippen LogP contribution is 2.34. The van der Waals surface area contributed by atoms with Gasteiger partial charge >= 0.3 is 6.09 Å². The zero-order chi connectivity index (χ0) is 15.6. The molecule has 0 radical (unpaired) electrons. The summed E-state index contributed by atoms with van der Waals surface area (Å²) in [5.74, 6) is -0.670. The molecule has 0 bridgehead atoms. The van der Waals surface area contributed by atoms with E-state index in [1.165, 1.54) is 11.0 Å². The molecule has 1 aromatic rings. The van der Waals surface area contributed by atoms with Crippen molar-refractivity contribution < 1.29 is 18.7 Å². The van der Waals surface area contributed by atoms with Crippen molar-refractivity contribution in [1.82, 2.24) is 4.90 Å². The Morgan fingerprint density at radius 3 is 2.62 bits per heavy atom. The molecule has 0 unspecified atom stereocenters. The minimum atomic E-state index is -0.684. The maximum Gasteiger partial charge on any atom is 0.410 e. The molecule has 0 saturated carbocycles. The molecule has 1 heterocycles. The number of nitrogens with zero attached hydrogens (tertiary/aromatic N) is 1. The van der Waals surface area contributed by atoms with Gasteiger partial charge in [-0.3, -0.25) is 4.90 Å². The standard InChI is InChI=1S/C16H20FNO3/c1-16(2,3)21-15(20)18-9-8-12(14(18)10-19)11-6-4-5-7-13(11)17/h4-7,10,12,14H,8-9H2,1-3H3/t12-,14-/m1/s1. The first kappa shape index (κ1) is 15.5. The summed E-state index contributed by atoms with van der Waals surface area (Å²) in [6, 6.07) is 5.69. The first-order chi connectivity index (χ1) is 9.83. The molecule has 1 amide bonds. The van der Waals surface area contributed by atoms with E-state index in [1.807, 2.05) is 0 Å². The van der Waals surface area contributed by atoms with Crippen LogP contribution in [0.1, 0.15) is 38.7 Å². The molecule has 114 valence electrons. The zero-order valence-electron chi connectivity index (χ0n) is 12.5. The molecule has 1 aliphatic heterocycles. The average Bonchev–Trinajstić information content (AvgIpc) is 2.80. The van der Waals surface area contributed by atoms with E-state index in [0.717, 1.165) is 0 Å². The summed E-state index contributed by atoms with van der Waals surface area (Å²) in [7, 11) is 0. The summed E-state index contributed by atoms with van der Waals surface area (Å²) in [6.45, 7) is 5.69. The number of aldehydes is 1. The largest absolute Gasteiger partial charge is 0.444 e. The van der Waals surface area contributed by atoms with Crippen LogP contribution in [-0.4, -0.2) is 35.5 Å². The Morgan fingerprint density at radius 1 is 1.38 bits per heavy atom. The highest BCUT2D eigenvalue weighted by atomic mass is 19.1. The van der Waals surface area contributed by atoms with Gasteiger partial charge in [-0.05, 0) is 38.8 Å². The maximum absolute atomic E-state index is 13.9. The van der Waals surface area contributed by atoms with E-state index in [2.05, 4.69) is 0 Å². The van der Waals surface area contributed by atoms with Crippen molar-refractivity contribution in [2.75, 3.05) is 6.54 Å². The topological polar surface area (TPSA) is 46.6 Å². The van der Waals surface area contributed by atoms with Crippen LogP contribution in [-0.2, 0) is 9.53 Å². The zero-order valence-corrected chi connectivity index (χ0v) is 12.5. The van der Waals surface area contributed by atoms with Gasteiger partial charge in [0.1, 0.15) is 17.7 Å². The van der Waals surface area contributed by atoms with Gasteiger partial charge in [-0.25, -0.2) is 9.18 Å². The molecule has 2 rings (SSSR count). The molecule has 1 aromatic carbocycles. The number of rotatable bonds is 2. The van der Waals surface area contributed by atoms with Crippen molar-refractivity contribution in [3.05, 3.63) is 35.6 Å². The highest BCUT2D eigenvalue weighted by Gasteiger charge is 2.40. The summed E-state index contributed by atoms with van der Waals surface area (Å²) in [6.07, 6.45) is 0.718. The summed E-state index contributed by atoms with van der Waals surface area (Å²) in [5.41, 5.74) is -0.152. The highest BCUT2D eigenvalue weighted by molar-refractivity contribution is 5.75. The number of carbonyl (C=O) groups excluding carboxylic acids is 2. The van der Waals surface area contributed by atoms with Crippen LogP contribution >= 0.6 is 0 Å². The van der Waals surface area contributed by atoms with Gasteiger partial charge in [0.15, 0.2) is 0 Å². The van der Waals surface area contributed by atoms with Crippen LogP contribution in [0, 0.1) is 5.82 Å². The van der Waals surface area contributed by atoms with Crippen LogP contribution in [0.2, 0.25) is 0 Å². The molecular formula is C16H20FNO3. The lowest BCUT2D eigenvalue weighted by atomic mass is 9.92. The van der Waals surface area contributed by atoms with Gasteiger partial charge in [0.2, 0.25) is 0 Å². The van der Waals surface area contributed by atoms with E-state index >= 15 is 0 Å². The van der Waals surface area contributed by atoms with Crippen LogP contribution in [0.15, 0.2) is 24.3 Å². The van der Waals surface area contributed by atoms with Crippen LogP contribution < -0.4 is 0 Å². The quantitative estimate of drug-likeness (QED) is 0.787. The van der Waals surface area contributed by atoms with Gasteiger partial charge in [0.05, 0.1) is 6.04 Å². The van der Waals surface area contributed by atoms with Gasteiger partial charge in [-0.15, -0.1) is 0 Å². The smallest absolute Gasteiger partial charge is 0.410 e. The van der Waals surface area contributed by atoms with Crippen molar-refractivity contribution in [3.63, 3.8) is 0 Å². The van der Waals surface area contributed by atoms with Crippen molar-refractivity contribution >= 4 is 12.4 Å². The maximum atomic E-state index is 13.9. The van der Waals surface area contributed by atoms with E-state index in [4.69, 9.17) is 4.74 Å². The van der Waals surface area contributed by atoms with Gasteiger partial charge in [-0.1, -0.05) is 18.2 Å². The molecule has 2 atom stereocenters. The number of benzene rings is 1. The molecule has 1 aliphatic rings. The van der Waals surface area contributed by atoms with E-state index in [0.29, 0.717) is 24.8 Å². The molecule has 1 saturated heterocycles. The molecule has 1 fully saturated rings. The van der Waals surface area contributed by atoms with Crippen LogP contribution in [0.5, 0.6) is 0 Å². The van der Waals surface area contributed by atoms with Gasteiger partial charge in [0.25, 0.3) is 0 Å². The van der Waals surface area contributed by atoms with Crippen molar-refractivity contribution in [3.8, 4) is 0 Å². The lowest BCUT2D eigenvalue weighted by Crippen LogP contribution is -2.41. The van der Waals surface area contributed by atoms with Crippen LogP contribution in [0.3, 0.4) is 0 Å².